The standard InChI is InChI=1S/C25H27N3O3/c1-19-12-13-20(2)24(16-19)31-15-7-14-30-23-11-6-8-21(17-23)18-26-28-25(29)27-22-9-4-3-5-10-22/h3-6,8-13,16-18H,7,14-15H2,1-2H3,(H2,27,28,29). The second-order valence-corrected chi connectivity index (χ2v) is 7.08. The molecule has 3 aromatic rings. The zero-order valence-electron chi connectivity index (χ0n) is 17.8. The maximum atomic E-state index is 11.8. The summed E-state index contributed by atoms with van der Waals surface area (Å²) in [4.78, 5) is 11.8. The molecule has 6 heteroatoms. The van der Waals surface area contributed by atoms with Crippen molar-refractivity contribution in [2.24, 2.45) is 5.10 Å². The van der Waals surface area contributed by atoms with Crippen molar-refractivity contribution in [1.82, 2.24) is 5.43 Å². The van der Waals surface area contributed by atoms with E-state index in [4.69, 9.17) is 9.47 Å². The van der Waals surface area contributed by atoms with Gasteiger partial charge in [-0.3, -0.25) is 0 Å². The number of hydrazone groups is 1. The first-order valence-electron chi connectivity index (χ1n) is 10.2. The van der Waals surface area contributed by atoms with Gasteiger partial charge in [0.05, 0.1) is 19.4 Å². The summed E-state index contributed by atoms with van der Waals surface area (Å²) in [5.74, 6) is 1.66. The molecule has 0 bridgehead atoms. The number of amides is 2. The average molecular weight is 418 g/mol. The van der Waals surface area contributed by atoms with Gasteiger partial charge in [0.15, 0.2) is 0 Å². The van der Waals surface area contributed by atoms with Crippen LogP contribution in [0.5, 0.6) is 11.5 Å². The van der Waals surface area contributed by atoms with Gasteiger partial charge >= 0.3 is 6.03 Å². The molecule has 3 rings (SSSR count). The number of hydrogen-bond acceptors (Lipinski definition) is 4. The molecule has 0 spiro atoms. The van der Waals surface area contributed by atoms with Crippen LogP contribution < -0.4 is 20.2 Å². The van der Waals surface area contributed by atoms with Crippen LogP contribution in [0.3, 0.4) is 0 Å². The van der Waals surface area contributed by atoms with Gasteiger partial charge in [0, 0.05) is 12.1 Å². The van der Waals surface area contributed by atoms with Crippen LogP contribution in [0.4, 0.5) is 10.5 Å². The van der Waals surface area contributed by atoms with Crippen LogP contribution >= 0.6 is 0 Å². The number of nitrogens with one attached hydrogen (secondary N) is 2. The summed E-state index contributed by atoms with van der Waals surface area (Å²) in [6.07, 6.45) is 2.34. The van der Waals surface area contributed by atoms with Crippen molar-refractivity contribution in [3.8, 4) is 11.5 Å². The quantitative estimate of drug-likeness (QED) is 0.282. The van der Waals surface area contributed by atoms with Crippen LogP contribution in [0.2, 0.25) is 0 Å². The molecule has 0 radical (unpaired) electrons. The van der Waals surface area contributed by atoms with Gasteiger partial charge in [0.2, 0.25) is 0 Å². The van der Waals surface area contributed by atoms with Gasteiger partial charge in [0.25, 0.3) is 0 Å². The van der Waals surface area contributed by atoms with Crippen molar-refractivity contribution >= 4 is 17.9 Å². The highest BCUT2D eigenvalue weighted by Gasteiger charge is 2.01. The number of ether oxygens (including phenoxy) is 2. The third-order valence-corrected chi connectivity index (χ3v) is 4.43. The van der Waals surface area contributed by atoms with E-state index in [2.05, 4.69) is 34.9 Å². The number of hydrogen-bond donors (Lipinski definition) is 2. The number of carbonyl (C=O) groups is 1. The number of benzene rings is 3. The number of para-hydroxylation sites is 1. The second kappa shape index (κ2) is 11.4. The highest BCUT2D eigenvalue weighted by atomic mass is 16.5. The minimum absolute atomic E-state index is 0.404. The van der Waals surface area contributed by atoms with Gasteiger partial charge in [0.1, 0.15) is 11.5 Å². The van der Waals surface area contributed by atoms with Gasteiger partial charge in [-0.15, -0.1) is 0 Å². The average Bonchev–Trinajstić information content (AvgIpc) is 2.77. The Morgan fingerprint density at radius 1 is 0.935 bits per heavy atom. The van der Waals surface area contributed by atoms with Crippen LogP contribution in [0, 0.1) is 13.8 Å². The summed E-state index contributed by atoms with van der Waals surface area (Å²) in [5, 5.41) is 6.67. The Hall–Kier alpha value is -3.80. The van der Waals surface area contributed by atoms with Crippen LogP contribution in [0.1, 0.15) is 23.1 Å². The third-order valence-electron chi connectivity index (χ3n) is 4.43. The van der Waals surface area contributed by atoms with Gasteiger partial charge in [-0.25, -0.2) is 10.2 Å². The number of rotatable bonds is 9. The number of carbonyl (C=O) groups excluding carboxylic acids is 1. The topological polar surface area (TPSA) is 72.0 Å². The van der Waals surface area contributed by atoms with E-state index >= 15 is 0 Å². The van der Waals surface area contributed by atoms with E-state index in [0.717, 1.165) is 29.0 Å². The summed E-state index contributed by atoms with van der Waals surface area (Å²) in [5.41, 5.74) is 6.28. The van der Waals surface area contributed by atoms with Crippen molar-refractivity contribution in [1.29, 1.82) is 0 Å². The van der Waals surface area contributed by atoms with Crippen LogP contribution in [-0.4, -0.2) is 25.5 Å². The van der Waals surface area contributed by atoms with Crippen molar-refractivity contribution in [2.45, 2.75) is 20.3 Å². The molecule has 0 fully saturated rings. The Morgan fingerprint density at radius 3 is 2.58 bits per heavy atom. The highest BCUT2D eigenvalue weighted by Crippen LogP contribution is 2.19. The van der Waals surface area contributed by atoms with E-state index in [-0.39, 0.29) is 0 Å². The van der Waals surface area contributed by atoms with Crippen molar-refractivity contribution < 1.29 is 14.3 Å². The first-order chi connectivity index (χ1) is 15.1. The van der Waals surface area contributed by atoms with Crippen LogP contribution in [-0.2, 0) is 0 Å². The SMILES string of the molecule is Cc1ccc(C)c(OCCCOc2cccc(C=NNC(=O)Nc3ccccc3)c2)c1. The van der Waals surface area contributed by atoms with E-state index in [1.807, 2.05) is 55.5 Å². The number of anilines is 1. The molecule has 31 heavy (non-hydrogen) atoms. The lowest BCUT2D eigenvalue weighted by atomic mass is 10.1. The minimum atomic E-state index is -0.404. The summed E-state index contributed by atoms with van der Waals surface area (Å²) in [6.45, 7) is 5.23. The molecule has 0 aliphatic rings. The molecule has 2 amide bonds. The molecule has 160 valence electrons. The Labute approximate surface area is 182 Å². The lowest BCUT2D eigenvalue weighted by molar-refractivity contribution is 0.246. The van der Waals surface area contributed by atoms with E-state index in [1.165, 1.54) is 5.56 Å². The molecule has 0 aliphatic carbocycles. The van der Waals surface area contributed by atoms with Crippen LogP contribution in [0.25, 0.3) is 0 Å². The smallest absolute Gasteiger partial charge is 0.339 e. The maximum absolute atomic E-state index is 11.8. The predicted molar refractivity (Wildman–Crippen MR) is 124 cm³/mol. The monoisotopic (exact) mass is 417 g/mol. The third kappa shape index (κ3) is 7.51. The molecule has 0 atom stereocenters. The molecular formula is C25H27N3O3. The van der Waals surface area contributed by atoms with E-state index in [1.54, 1.807) is 18.3 Å². The van der Waals surface area contributed by atoms with Gasteiger partial charge in [-0.2, -0.15) is 5.10 Å². The second-order valence-electron chi connectivity index (χ2n) is 7.08. The first kappa shape index (κ1) is 21.9. The zero-order chi connectivity index (χ0) is 21.9. The maximum Gasteiger partial charge on any atom is 0.339 e. The molecule has 2 N–H and O–H groups in total. The molecule has 0 saturated heterocycles. The molecule has 0 aliphatic heterocycles. The molecule has 0 aromatic heterocycles. The first-order valence-corrected chi connectivity index (χ1v) is 10.2. The summed E-state index contributed by atoms with van der Waals surface area (Å²) in [6, 6.07) is 22.5. The van der Waals surface area contributed by atoms with E-state index in [9.17, 15) is 4.79 Å². The Bertz CT molecular complexity index is 1020. The highest BCUT2D eigenvalue weighted by molar-refractivity contribution is 5.90. The fourth-order valence-corrected chi connectivity index (χ4v) is 2.82. The van der Waals surface area contributed by atoms with Crippen molar-refractivity contribution in [3.63, 3.8) is 0 Å². The molecule has 6 nitrogen and oxygen atoms in total. The number of nitrogens with zero attached hydrogens (tertiary/aromatic N) is 1. The van der Waals surface area contributed by atoms with E-state index < -0.39 is 6.03 Å². The zero-order valence-corrected chi connectivity index (χ0v) is 17.8. The molecule has 3 aromatic carbocycles. The van der Waals surface area contributed by atoms with Crippen molar-refractivity contribution in [2.75, 3.05) is 18.5 Å². The molecule has 0 unspecified atom stereocenters. The largest absolute Gasteiger partial charge is 0.493 e. The molecule has 0 saturated carbocycles. The lowest BCUT2D eigenvalue weighted by Gasteiger charge is -2.11. The summed E-state index contributed by atoms with van der Waals surface area (Å²) in [7, 11) is 0. The fraction of sp³-hybridized carbons (Fsp3) is 0.200. The van der Waals surface area contributed by atoms with E-state index in [0.29, 0.717) is 18.9 Å². The number of urea groups is 1. The van der Waals surface area contributed by atoms with Gasteiger partial charge in [-0.1, -0.05) is 42.5 Å². The summed E-state index contributed by atoms with van der Waals surface area (Å²) < 4.78 is 11.7. The number of aryl methyl sites for hydroxylation is 2. The summed E-state index contributed by atoms with van der Waals surface area (Å²) >= 11 is 0. The molecular weight excluding hydrogens is 390 g/mol. The van der Waals surface area contributed by atoms with Crippen LogP contribution in [0.15, 0.2) is 77.9 Å². The normalized spacial score (nSPS) is 10.6. The van der Waals surface area contributed by atoms with Gasteiger partial charge < -0.3 is 14.8 Å². The Balaban J connectivity index is 1.40. The predicted octanol–water partition coefficient (Wildman–Crippen LogP) is 5.31. The van der Waals surface area contributed by atoms with Crippen molar-refractivity contribution in [3.05, 3.63) is 89.5 Å². The Morgan fingerprint density at radius 2 is 1.74 bits per heavy atom. The van der Waals surface area contributed by atoms with Gasteiger partial charge in [-0.05, 0) is 60.9 Å². The fourth-order valence-electron chi connectivity index (χ4n) is 2.82. The Kier molecular flexibility index (Phi) is 8.05. The molecule has 0 heterocycles. The lowest BCUT2D eigenvalue weighted by Crippen LogP contribution is -2.24. The minimum Gasteiger partial charge on any atom is -0.493 e.